The maximum Gasteiger partial charge on any atom is 0.160 e. The van der Waals surface area contributed by atoms with Gasteiger partial charge in [0.25, 0.3) is 0 Å². The minimum Gasteiger partial charge on any atom is -0.297 e. The first-order valence-electron chi connectivity index (χ1n) is 2.24. The largest absolute Gasteiger partial charge is 0.297 e. The van der Waals surface area contributed by atoms with Crippen LogP contribution in [-0.2, 0) is 4.79 Å². The summed E-state index contributed by atoms with van der Waals surface area (Å²) in [7, 11) is 0. The number of hydrogen-bond acceptors (Lipinski definition) is 2. The molecular formula is C5H9NO. The van der Waals surface area contributed by atoms with E-state index in [2.05, 4.69) is 4.99 Å². The van der Waals surface area contributed by atoms with Gasteiger partial charge in [0.1, 0.15) is 0 Å². The fourth-order valence-electron chi connectivity index (χ4n) is 0.207. The van der Waals surface area contributed by atoms with E-state index < -0.39 is 0 Å². The first-order valence-corrected chi connectivity index (χ1v) is 2.24. The Morgan fingerprint density at radius 3 is 2.29 bits per heavy atom. The molecule has 2 nitrogen and oxygen atoms in total. The van der Waals surface area contributed by atoms with E-state index in [0.29, 0.717) is 6.29 Å². The number of carbonyl (C=O) groups is 1. The van der Waals surface area contributed by atoms with Gasteiger partial charge in [0, 0.05) is 6.04 Å². The van der Waals surface area contributed by atoms with Gasteiger partial charge in [-0.1, -0.05) is 0 Å². The number of rotatable bonds is 2. The van der Waals surface area contributed by atoms with Crippen molar-refractivity contribution in [1.82, 2.24) is 0 Å². The third-order valence-electron chi connectivity index (χ3n) is 0.445. The highest BCUT2D eigenvalue weighted by Gasteiger charge is 1.78. The molecule has 0 atom stereocenters. The molecule has 0 radical (unpaired) electrons. The van der Waals surface area contributed by atoms with Gasteiger partial charge in [0.05, 0.1) is 6.21 Å². The number of nitrogens with zero attached hydrogens (tertiary/aromatic N) is 1. The van der Waals surface area contributed by atoms with Crippen molar-refractivity contribution in [3.63, 3.8) is 0 Å². The van der Waals surface area contributed by atoms with Crippen molar-refractivity contribution in [2.45, 2.75) is 19.9 Å². The molecule has 2 heteroatoms. The Labute approximate surface area is 43.3 Å². The number of aldehydes is 1. The molecule has 0 saturated heterocycles. The molecular weight excluding hydrogens is 90.1 g/mol. The van der Waals surface area contributed by atoms with Gasteiger partial charge in [0.15, 0.2) is 6.29 Å². The molecule has 0 rings (SSSR count). The summed E-state index contributed by atoms with van der Waals surface area (Å²) >= 11 is 0. The van der Waals surface area contributed by atoms with E-state index in [4.69, 9.17) is 0 Å². The van der Waals surface area contributed by atoms with Crippen LogP contribution < -0.4 is 0 Å². The molecule has 0 aromatic carbocycles. The van der Waals surface area contributed by atoms with Crippen LogP contribution in [0.5, 0.6) is 0 Å². The van der Waals surface area contributed by atoms with Crippen LogP contribution in [0.15, 0.2) is 4.99 Å². The zero-order valence-corrected chi connectivity index (χ0v) is 4.59. The fraction of sp³-hybridized carbons (Fsp3) is 0.600. The summed E-state index contributed by atoms with van der Waals surface area (Å²) < 4.78 is 0. The molecule has 0 aromatic rings. The Hall–Kier alpha value is -0.660. The Bertz CT molecular complexity index is 76.1. The third kappa shape index (κ3) is 5.34. The van der Waals surface area contributed by atoms with Gasteiger partial charge in [-0.15, -0.1) is 0 Å². The average molecular weight is 99.1 g/mol. The van der Waals surface area contributed by atoms with Crippen molar-refractivity contribution in [2.75, 3.05) is 0 Å². The maximum absolute atomic E-state index is 9.56. The second-order valence-electron chi connectivity index (χ2n) is 1.53. The van der Waals surface area contributed by atoms with E-state index in [1.165, 1.54) is 6.21 Å². The smallest absolute Gasteiger partial charge is 0.160 e. The standard InChI is InChI=1S/C5H9NO/c1-5(2)6-3-4-7/h3-5H,1-2H3. The normalized spacial score (nSPS) is 10.7. The first kappa shape index (κ1) is 6.34. The van der Waals surface area contributed by atoms with Crippen LogP contribution in [0.1, 0.15) is 13.8 Å². The summed E-state index contributed by atoms with van der Waals surface area (Å²) in [5.41, 5.74) is 0. The lowest BCUT2D eigenvalue weighted by molar-refractivity contribution is -0.102. The highest BCUT2D eigenvalue weighted by molar-refractivity contribution is 6.12. The molecule has 0 unspecified atom stereocenters. The summed E-state index contributed by atoms with van der Waals surface area (Å²) in [6, 6.07) is 0.241. The molecule has 40 valence electrons. The van der Waals surface area contributed by atoms with E-state index in [9.17, 15) is 4.79 Å². The molecule has 0 aromatic heterocycles. The van der Waals surface area contributed by atoms with Gasteiger partial charge in [-0.3, -0.25) is 9.79 Å². The molecule has 0 amide bonds. The summed E-state index contributed by atoms with van der Waals surface area (Å²) in [4.78, 5) is 13.3. The monoisotopic (exact) mass is 99.1 g/mol. The Balaban J connectivity index is 3.25. The minimum absolute atomic E-state index is 0.241. The van der Waals surface area contributed by atoms with Gasteiger partial charge in [-0.25, -0.2) is 0 Å². The highest BCUT2D eigenvalue weighted by Crippen LogP contribution is 1.79. The van der Waals surface area contributed by atoms with E-state index >= 15 is 0 Å². The first-order chi connectivity index (χ1) is 3.27. The third-order valence-corrected chi connectivity index (χ3v) is 0.445. The predicted octanol–water partition coefficient (Wildman–Crippen LogP) is 0.665. The second-order valence-corrected chi connectivity index (χ2v) is 1.53. The summed E-state index contributed by atoms with van der Waals surface area (Å²) in [6.45, 7) is 3.83. The number of hydrogen-bond donors (Lipinski definition) is 0. The van der Waals surface area contributed by atoms with E-state index in [0.717, 1.165) is 0 Å². The van der Waals surface area contributed by atoms with Crippen LogP contribution in [0.3, 0.4) is 0 Å². The van der Waals surface area contributed by atoms with E-state index in [1.807, 2.05) is 13.8 Å². The summed E-state index contributed by atoms with van der Waals surface area (Å²) in [5, 5.41) is 0. The van der Waals surface area contributed by atoms with Gasteiger partial charge in [-0.05, 0) is 13.8 Å². The van der Waals surface area contributed by atoms with Crippen molar-refractivity contribution in [2.24, 2.45) is 4.99 Å². The van der Waals surface area contributed by atoms with Crippen LogP contribution in [0.4, 0.5) is 0 Å². The Morgan fingerprint density at radius 2 is 2.14 bits per heavy atom. The fourth-order valence-corrected chi connectivity index (χ4v) is 0.207. The minimum atomic E-state index is 0.241. The molecule has 0 saturated carbocycles. The van der Waals surface area contributed by atoms with Gasteiger partial charge in [0.2, 0.25) is 0 Å². The van der Waals surface area contributed by atoms with Crippen molar-refractivity contribution >= 4 is 12.5 Å². The van der Waals surface area contributed by atoms with Crippen molar-refractivity contribution < 1.29 is 4.79 Å². The van der Waals surface area contributed by atoms with Crippen LogP contribution >= 0.6 is 0 Å². The van der Waals surface area contributed by atoms with Gasteiger partial charge >= 0.3 is 0 Å². The second kappa shape index (κ2) is 3.53. The van der Waals surface area contributed by atoms with Crippen LogP contribution in [0, 0.1) is 0 Å². The zero-order chi connectivity index (χ0) is 5.70. The Morgan fingerprint density at radius 1 is 1.57 bits per heavy atom. The highest BCUT2D eigenvalue weighted by atomic mass is 16.1. The van der Waals surface area contributed by atoms with Crippen LogP contribution in [0.2, 0.25) is 0 Å². The number of aliphatic imine (C=N–C) groups is 1. The summed E-state index contributed by atoms with van der Waals surface area (Å²) in [5.74, 6) is 0. The van der Waals surface area contributed by atoms with Crippen LogP contribution in [-0.4, -0.2) is 18.5 Å². The lowest BCUT2D eigenvalue weighted by Crippen LogP contribution is -1.88. The average Bonchev–Trinajstić information content (AvgIpc) is 1.61. The maximum atomic E-state index is 9.56. The van der Waals surface area contributed by atoms with Crippen molar-refractivity contribution in [3.8, 4) is 0 Å². The van der Waals surface area contributed by atoms with E-state index in [1.54, 1.807) is 0 Å². The van der Waals surface area contributed by atoms with Crippen LogP contribution in [0.25, 0.3) is 0 Å². The summed E-state index contributed by atoms with van der Waals surface area (Å²) in [6.07, 6.45) is 1.95. The molecule has 0 bridgehead atoms. The topological polar surface area (TPSA) is 29.4 Å². The van der Waals surface area contributed by atoms with Crippen molar-refractivity contribution in [1.29, 1.82) is 0 Å². The molecule has 0 N–H and O–H groups in total. The van der Waals surface area contributed by atoms with Gasteiger partial charge in [-0.2, -0.15) is 0 Å². The molecule has 0 fully saturated rings. The molecule has 0 spiro atoms. The SMILES string of the molecule is CC(C)N=CC=O. The van der Waals surface area contributed by atoms with E-state index in [-0.39, 0.29) is 6.04 Å². The molecule has 7 heavy (non-hydrogen) atoms. The quantitative estimate of drug-likeness (QED) is 0.369. The predicted molar refractivity (Wildman–Crippen MR) is 29.7 cm³/mol. The molecule has 0 aliphatic rings. The zero-order valence-electron chi connectivity index (χ0n) is 4.59. The lowest BCUT2D eigenvalue weighted by Gasteiger charge is -1.87. The van der Waals surface area contributed by atoms with Gasteiger partial charge < -0.3 is 0 Å². The lowest BCUT2D eigenvalue weighted by atomic mass is 10.4. The number of carbonyl (C=O) groups excluding carboxylic acids is 1. The molecule has 0 aliphatic heterocycles. The molecule has 0 aliphatic carbocycles. The Kier molecular flexibility index (Phi) is 3.19. The molecule has 0 heterocycles. The van der Waals surface area contributed by atoms with Crippen molar-refractivity contribution in [3.05, 3.63) is 0 Å².